The largest absolute Gasteiger partial charge is 0.484 e. The summed E-state index contributed by atoms with van der Waals surface area (Å²) in [6.07, 6.45) is 3.64. The van der Waals surface area contributed by atoms with Crippen LogP contribution in [0.15, 0.2) is 30.6 Å². The molecular formula is C14H20N4O. The van der Waals surface area contributed by atoms with Crippen molar-refractivity contribution in [3.8, 4) is 5.75 Å². The van der Waals surface area contributed by atoms with Gasteiger partial charge in [0.1, 0.15) is 6.61 Å². The van der Waals surface area contributed by atoms with E-state index in [4.69, 9.17) is 4.74 Å². The Labute approximate surface area is 113 Å². The van der Waals surface area contributed by atoms with Crippen LogP contribution in [0.3, 0.4) is 0 Å². The highest BCUT2D eigenvalue weighted by atomic mass is 16.5. The monoisotopic (exact) mass is 260 g/mol. The second kappa shape index (κ2) is 6.33. The van der Waals surface area contributed by atoms with Gasteiger partial charge in [0, 0.05) is 12.6 Å². The molecule has 2 heterocycles. The minimum absolute atomic E-state index is 0.342. The van der Waals surface area contributed by atoms with Gasteiger partial charge in [-0.15, -0.1) is 0 Å². The Kier molecular flexibility index (Phi) is 4.52. The van der Waals surface area contributed by atoms with Gasteiger partial charge < -0.3 is 10.1 Å². The summed E-state index contributed by atoms with van der Waals surface area (Å²) in [6, 6.07) is 6.30. The Bertz CT molecular complexity index is 522. The molecular weight excluding hydrogens is 240 g/mol. The normalized spacial score (nSPS) is 10.9. The maximum absolute atomic E-state index is 5.69. The predicted molar refractivity (Wildman–Crippen MR) is 73.9 cm³/mol. The third kappa shape index (κ3) is 3.79. The average Bonchev–Trinajstić information content (AvgIpc) is 2.86. The molecule has 0 bridgehead atoms. The summed E-state index contributed by atoms with van der Waals surface area (Å²) in [5.41, 5.74) is 1.94. The van der Waals surface area contributed by atoms with Gasteiger partial charge in [-0.3, -0.25) is 9.67 Å². The highest BCUT2D eigenvalue weighted by Gasteiger charge is 2.03. The molecule has 0 spiro atoms. The number of nitrogens with one attached hydrogen (secondary N) is 1. The standard InChI is InChI=1S/C14H20N4O/c1-11(2)18-9-14(8-16-18)19-10-13-6-4-5-12(17-13)7-15-3/h4-6,8-9,11,15H,7,10H2,1-3H3. The molecule has 0 aliphatic carbocycles. The summed E-state index contributed by atoms with van der Waals surface area (Å²) in [5.74, 6) is 0.773. The molecule has 2 aromatic rings. The van der Waals surface area contributed by atoms with Crippen molar-refractivity contribution in [2.75, 3.05) is 7.05 Å². The van der Waals surface area contributed by atoms with Crippen LogP contribution >= 0.6 is 0 Å². The molecule has 0 unspecified atom stereocenters. The van der Waals surface area contributed by atoms with E-state index in [2.05, 4.69) is 29.2 Å². The van der Waals surface area contributed by atoms with E-state index in [-0.39, 0.29) is 0 Å². The van der Waals surface area contributed by atoms with E-state index in [1.807, 2.05) is 36.1 Å². The zero-order chi connectivity index (χ0) is 13.7. The Hall–Kier alpha value is -1.88. The minimum Gasteiger partial charge on any atom is -0.484 e. The Morgan fingerprint density at radius 1 is 1.32 bits per heavy atom. The van der Waals surface area contributed by atoms with Crippen molar-refractivity contribution >= 4 is 0 Å². The van der Waals surface area contributed by atoms with E-state index in [0.29, 0.717) is 12.6 Å². The fraction of sp³-hybridized carbons (Fsp3) is 0.429. The van der Waals surface area contributed by atoms with Crippen LogP contribution in [0.4, 0.5) is 0 Å². The fourth-order valence-corrected chi connectivity index (χ4v) is 1.72. The van der Waals surface area contributed by atoms with Crippen LogP contribution in [0.2, 0.25) is 0 Å². The summed E-state index contributed by atoms with van der Waals surface area (Å²) in [7, 11) is 1.91. The molecule has 5 heteroatoms. The lowest BCUT2D eigenvalue weighted by molar-refractivity contribution is 0.300. The Balaban J connectivity index is 1.95. The lowest BCUT2D eigenvalue weighted by Gasteiger charge is -2.06. The molecule has 0 aliphatic heterocycles. The first-order chi connectivity index (χ1) is 9.19. The van der Waals surface area contributed by atoms with Gasteiger partial charge in [-0.2, -0.15) is 5.10 Å². The first kappa shape index (κ1) is 13.5. The van der Waals surface area contributed by atoms with Crippen LogP contribution in [0.25, 0.3) is 0 Å². The van der Waals surface area contributed by atoms with Gasteiger partial charge >= 0.3 is 0 Å². The Morgan fingerprint density at radius 2 is 2.11 bits per heavy atom. The number of nitrogens with zero attached hydrogens (tertiary/aromatic N) is 3. The maximum atomic E-state index is 5.69. The van der Waals surface area contributed by atoms with Crippen LogP contribution in [-0.2, 0) is 13.2 Å². The summed E-state index contributed by atoms with van der Waals surface area (Å²) in [5, 5.41) is 7.32. The van der Waals surface area contributed by atoms with Crippen LogP contribution in [0.1, 0.15) is 31.3 Å². The van der Waals surface area contributed by atoms with Gasteiger partial charge in [-0.25, -0.2) is 0 Å². The smallest absolute Gasteiger partial charge is 0.157 e. The molecule has 2 rings (SSSR count). The van der Waals surface area contributed by atoms with Crippen molar-refractivity contribution in [1.29, 1.82) is 0 Å². The van der Waals surface area contributed by atoms with Gasteiger partial charge in [0.25, 0.3) is 0 Å². The van der Waals surface area contributed by atoms with E-state index in [1.165, 1.54) is 0 Å². The SMILES string of the molecule is CNCc1cccc(COc2cnn(C(C)C)c2)n1. The summed E-state index contributed by atoms with van der Waals surface area (Å²) in [4.78, 5) is 4.50. The second-order valence-corrected chi connectivity index (χ2v) is 4.69. The quantitative estimate of drug-likeness (QED) is 0.864. The third-order valence-corrected chi connectivity index (χ3v) is 2.72. The third-order valence-electron chi connectivity index (χ3n) is 2.72. The molecule has 0 saturated carbocycles. The molecule has 0 aromatic carbocycles. The van der Waals surface area contributed by atoms with E-state index in [1.54, 1.807) is 6.20 Å². The average molecular weight is 260 g/mol. The molecule has 0 amide bonds. The van der Waals surface area contributed by atoms with E-state index in [9.17, 15) is 0 Å². The first-order valence-corrected chi connectivity index (χ1v) is 6.45. The molecule has 0 aliphatic rings. The number of aromatic nitrogens is 3. The molecule has 5 nitrogen and oxygen atoms in total. The van der Waals surface area contributed by atoms with E-state index in [0.717, 1.165) is 23.7 Å². The van der Waals surface area contributed by atoms with Crippen LogP contribution in [0.5, 0.6) is 5.75 Å². The molecule has 19 heavy (non-hydrogen) atoms. The predicted octanol–water partition coefficient (Wildman–Crippen LogP) is 2.16. The van der Waals surface area contributed by atoms with Gasteiger partial charge in [0.05, 0.1) is 23.8 Å². The van der Waals surface area contributed by atoms with Crippen molar-refractivity contribution in [2.24, 2.45) is 0 Å². The van der Waals surface area contributed by atoms with Gasteiger partial charge in [-0.1, -0.05) is 6.07 Å². The van der Waals surface area contributed by atoms with Crippen molar-refractivity contribution in [1.82, 2.24) is 20.1 Å². The minimum atomic E-state index is 0.342. The molecule has 0 radical (unpaired) electrons. The number of hydrogen-bond acceptors (Lipinski definition) is 4. The molecule has 0 fully saturated rings. The molecule has 0 atom stereocenters. The van der Waals surface area contributed by atoms with Crippen LogP contribution in [0, 0.1) is 0 Å². The van der Waals surface area contributed by atoms with Gasteiger partial charge in [0.15, 0.2) is 5.75 Å². The van der Waals surface area contributed by atoms with Crippen molar-refractivity contribution < 1.29 is 4.74 Å². The van der Waals surface area contributed by atoms with E-state index < -0.39 is 0 Å². The topological polar surface area (TPSA) is 52.0 Å². The molecule has 1 N–H and O–H groups in total. The van der Waals surface area contributed by atoms with Gasteiger partial charge in [-0.05, 0) is 33.0 Å². The van der Waals surface area contributed by atoms with Crippen molar-refractivity contribution in [2.45, 2.75) is 33.0 Å². The first-order valence-electron chi connectivity index (χ1n) is 6.45. The Morgan fingerprint density at radius 3 is 2.79 bits per heavy atom. The summed E-state index contributed by atoms with van der Waals surface area (Å²) >= 11 is 0. The lowest BCUT2D eigenvalue weighted by Crippen LogP contribution is -2.08. The highest BCUT2D eigenvalue weighted by molar-refractivity contribution is 5.15. The number of pyridine rings is 1. The number of hydrogen-bond donors (Lipinski definition) is 1. The van der Waals surface area contributed by atoms with Crippen molar-refractivity contribution in [3.63, 3.8) is 0 Å². The van der Waals surface area contributed by atoms with Crippen LogP contribution < -0.4 is 10.1 Å². The molecule has 102 valence electrons. The summed E-state index contributed by atoms with van der Waals surface area (Å²) in [6.45, 7) is 5.39. The van der Waals surface area contributed by atoms with Gasteiger partial charge in [0.2, 0.25) is 0 Å². The molecule has 2 aromatic heterocycles. The zero-order valence-electron chi connectivity index (χ0n) is 11.6. The second-order valence-electron chi connectivity index (χ2n) is 4.69. The maximum Gasteiger partial charge on any atom is 0.157 e. The van der Waals surface area contributed by atoms with Crippen LogP contribution in [-0.4, -0.2) is 21.8 Å². The van der Waals surface area contributed by atoms with E-state index >= 15 is 0 Å². The lowest BCUT2D eigenvalue weighted by atomic mass is 10.3. The summed E-state index contributed by atoms with van der Waals surface area (Å²) < 4.78 is 7.56. The zero-order valence-corrected chi connectivity index (χ0v) is 11.6. The number of ether oxygens (including phenoxy) is 1. The fourth-order valence-electron chi connectivity index (χ4n) is 1.72. The number of rotatable bonds is 6. The highest BCUT2D eigenvalue weighted by Crippen LogP contribution is 2.13. The molecule has 0 saturated heterocycles. The van der Waals surface area contributed by atoms with Crippen molar-refractivity contribution in [3.05, 3.63) is 42.0 Å².